The number of methoxy groups -OCH3 is 1. The summed E-state index contributed by atoms with van der Waals surface area (Å²) < 4.78 is 5.51. The van der Waals surface area contributed by atoms with E-state index in [-0.39, 0.29) is 17.7 Å². The van der Waals surface area contributed by atoms with Crippen LogP contribution in [0.25, 0.3) is 6.08 Å². The summed E-state index contributed by atoms with van der Waals surface area (Å²) in [7, 11) is 1.68. The van der Waals surface area contributed by atoms with Crippen molar-refractivity contribution in [2.75, 3.05) is 7.11 Å². The molecule has 24 heavy (non-hydrogen) atoms. The fourth-order valence-electron chi connectivity index (χ4n) is 3.68. The second-order valence-corrected chi connectivity index (χ2v) is 6.79. The van der Waals surface area contributed by atoms with Crippen molar-refractivity contribution in [3.8, 4) is 5.75 Å². The normalized spacial score (nSPS) is 19.6. The molecule has 2 aliphatic rings. The number of hydrogen-bond acceptors (Lipinski definition) is 3. The summed E-state index contributed by atoms with van der Waals surface area (Å²) in [5.74, 6) is 0.442. The van der Waals surface area contributed by atoms with Crippen LogP contribution in [0.4, 0.5) is 0 Å². The van der Waals surface area contributed by atoms with Crippen LogP contribution >= 0.6 is 0 Å². The standard InChI is InChI=1S/C20H25NO3/c1-24-18-9-8-15(16-12-19(22)21-20(23)13-16)11-17(18)10-14-6-4-2-3-5-7-14/h8-11,16H,2-7,12-13H2,1H3,(H,21,22,23). The van der Waals surface area contributed by atoms with Crippen molar-refractivity contribution in [1.29, 1.82) is 0 Å². The molecule has 1 aromatic rings. The highest BCUT2D eigenvalue weighted by Gasteiger charge is 2.26. The zero-order valence-corrected chi connectivity index (χ0v) is 14.3. The molecule has 1 aliphatic heterocycles. The maximum Gasteiger partial charge on any atom is 0.227 e. The minimum Gasteiger partial charge on any atom is -0.496 e. The Kier molecular flexibility index (Phi) is 5.34. The van der Waals surface area contributed by atoms with Crippen molar-refractivity contribution >= 4 is 17.9 Å². The van der Waals surface area contributed by atoms with Gasteiger partial charge in [0, 0.05) is 24.3 Å². The Morgan fingerprint density at radius 3 is 2.33 bits per heavy atom. The minimum atomic E-state index is -0.184. The molecule has 0 spiro atoms. The predicted molar refractivity (Wildman–Crippen MR) is 93.8 cm³/mol. The maximum atomic E-state index is 11.7. The first-order chi connectivity index (χ1) is 11.7. The molecule has 1 aromatic carbocycles. The Balaban J connectivity index is 1.88. The van der Waals surface area contributed by atoms with Crippen molar-refractivity contribution in [3.63, 3.8) is 0 Å². The molecule has 2 fully saturated rings. The van der Waals surface area contributed by atoms with Crippen LogP contribution in [0.3, 0.4) is 0 Å². The van der Waals surface area contributed by atoms with Crippen LogP contribution < -0.4 is 10.1 Å². The van der Waals surface area contributed by atoms with E-state index in [1.807, 2.05) is 12.1 Å². The van der Waals surface area contributed by atoms with Gasteiger partial charge in [0.05, 0.1) is 7.11 Å². The van der Waals surface area contributed by atoms with Gasteiger partial charge < -0.3 is 4.74 Å². The molecule has 1 aliphatic carbocycles. The van der Waals surface area contributed by atoms with Gasteiger partial charge >= 0.3 is 0 Å². The quantitative estimate of drug-likeness (QED) is 0.675. The summed E-state index contributed by atoms with van der Waals surface area (Å²) in [5, 5.41) is 2.37. The smallest absolute Gasteiger partial charge is 0.227 e. The van der Waals surface area contributed by atoms with Crippen LogP contribution in [0.5, 0.6) is 5.75 Å². The van der Waals surface area contributed by atoms with Crippen molar-refractivity contribution in [1.82, 2.24) is 5.32 Å². The summed E-state index contributed by atoms with van der Waals surface area (Å²) in [5.41, 5.74) is 3.57. The molecule has 0 aromatic heterocycles. The number of hydrogen-bond donors (Lipinski definition) is 1. The summed E-state index contributed by atoms with van der Waals surface area (Å²) in [4.78, 5) is 23.3. The third kappa shape index (κ3) is 4.05. The Morgan fingerprint density at radius 1 is 1.04 bits per heavy atom. The molecule has 1 saturated carbocycles. The van der Waals surface area contributed by atoms with Crippen molar-refractivity contribution < 1.29 is 14.3 Å². The summed E-state index contributed by atoms with van der Waals surface area (Å²) in [6.07, 6.45) is 10.4. The van der Waals surface area contributed by atoms with Crippen LogP contribution in [0, 0.1) is 0 Å². The Bertz CT molecular complexity index is 637. The van der Waals surface area contributed by atoms with E-state index in [4.69, 9.17) is 4.74 Å². The zero-order chi connectivity index (χ0) is 16.9. The van der Waals surface area contributed by atoms with E-state index in [0.717, 1.165) is 29.7 Å². The monoisotopic (exact) mass is 327 g/mol. The average molecular weight is 327 g/mol. The molecule has 0 bridgehead atoms. The van der Waals surface area contributed by atoms with Gasteiger partial charge in [-0.2, -0.15) is 0 Å². The first kappa shape index (κ1) is 16.7. The third-order valence-electron chi connectivity index (χ3n) is 4.97. The van der Waals surface area contributed by atoms with Gasteiger partial charge in [0.15, 0.2) is 0 Å². The molecule has 1 heterocycles. The van der Waals surface area contributed by atoms with Crippen molar-refractivity contribution in [2.45, 2.75) is 57.3 Å². The summed E-state index contributed by atoms with van der Waals surface area (Å²) in [6, 6.07) is 6.02. The van der Waals surface area contributed by atoms with E-state index in [2.05, 4.69) is 17.5 Å². The van der Waals surface area contributed by atoms with E-state index in [0.29, 0.717) is 12.8 Å². The van der Waals surface area contributed by atoms with Crippen LogP contribution in [0.15, 0.2) is 23.8 Å². The van der Waals surface area contributed by atoms with Gasteiger partial charge in [-0.1, -0.05) is 30.6 Å². The van der Waals surface area contributed by atoms with Crippen LogP contribution in [0.1, 0.15) is 68.4 Å². The number of piperidine rings is 1. The number of nitrogens with one attached hydrogen (secondary N) is 1. The highest BCUT2D eigenvalue weighted by atomic mass is 16.5. The van der Waals surface area contributed by atoms with E-state index >= 15 is 0 Å². The number of amides is 2. The number of rotatable bonds is 3. The molecule has 0 unspecified atom stereocenters. The lowest BCUT2D eigenvalue weighted by atomic mass is 9.88. The largest absolute Gasteiger partial charge is 0.496 e. The van der Waals surface area contributed by atoms with E-state index in [1.165, 1.54) is 31.3 Å². The lowest BCUT2D eigenvalue weighted by Gasteiger charge is -2.22. The fraction of sp³-hybridized carbons (Fsp3) is 0.500. The average Bonchev–Trinajstić information content (AvgIpc) is 2.82. The molecule has 0 radical (unpaired) electrons. The van der Waals surface area contributed by atoms with Gasteiger partial charge in [-0.25, -0.2) is 0 Å². The van der Waals surface area contributed by atoms with E-state index in [1.54, 1.807) is 7.11 Å². The summed E-state index contributed by atoms with van der Waals surface area (Å²) in [6.45, 7) is 0. The number of allylic oxidation sites excluding steroid dienone is 1. The number of benzene rings is 1. The van der Waals surface area contributed by atoms with E-state index in [9.17, 15) is 9.59 Å². The second kappa shape index (κ2) is 7.65. The molecule has 128 valence electrons. The molecular weight excluding hydrogens is 302 g/mol. The summed E-state index contributed by atoms with van der Waals surface area (Å²) >= 11 is 0. The lowest BCUT2D eigenvalue weighted by molar-refractivity contribution is -0.133. The van der Waals surface area contributed by atoms with Crippen molar-refractivity contribution in [3.05, 3.63) is 34.9 Å². The number of ether oxygens (including phenoxy) is 1. The van der Waals surface area contributed by atoms with Crippen LogP contribution in [0.2, 0.25) is 0 Å². The highest BCUT2D eigenvalue weighted by Crippen LogP contribution is 2.33. The molecule has 0 atom stereocenters. The molecule has 1 N–H and O–H groups in total. The molecular formula is C20H25NO3. The Morgan fingerprint density at radius 2 is 1.71 bits per heavy atom. The van der Waals surface area contributed by atoms with Gasteiger partial charge in [0.25, 0.3) is 0 Å². The first-order valence-electron chi connectivity index (χ1n) is 8.86. The molecule has 4 nitrogen and oxygen atoms in total. The molecule has 2 amide bonds. The molecule has 4 heteroatoms. The number of carbonyl (C=O) groups excluding carboxylic acids is 2. The zero-order valence-electron chi connectivity index (χ0n) is 14.3. The number of carbonyl (C=O) groups is 2. The molecule has 1 saturated heterocycles. The van der Waals surface area contributed by atoms with Crippen LogP contribution in [-0.4, -0.2) is 18.9 Å². The Labute approximate surface area is 143 Å². The van der Waals surface area contributed by atoms with Gasteiger partial charge in [0.1, 0.15) is 5.75 Å². The minimum absolute atomic E-state index is 0.0385. The molecule has 3 rings (SSSR count). The fourth-order valence-corrected chi connectivity index (χ4v) is 3.68. The topological polar surface area (TPSA) is 55.4 Å². The van der Waals surface area contributed by atoms with Gasteiger partial charge in [-0.3, -0.25) is 14.9 Å². The number of imide groups is 1. The van der Waals surface area contributed by atoms with Crippen LogP contribution in [-0.2, 0) is 9.59 Å². The van der Waals surface area contributed by atoms with Crippen molar-refractivity contribution in [2.24, 2.45) is 0 Å². The van der Waals surface area contributed by atoms with Gasteiger partial charge in [-0.15, -0.1) is 0 Å². The first-order valence-corrected chi connectivity index (χ1v) is 8.86. The Hall–Kier alpha value is -2.10. The van der Waals surface area contributed by atoms with Gasteiger partial charge in [-0.05, 0) is 43.4 Å². The maximum absolute atomic E-state index is 11.7. The lowest BCUT2D eigenvalue weighted by Crippen LogP contribution is -2.37. The predicted octanol–water partition coefficient (Wildman–Crippen LogP) is 3.95. The third-order valence-corrected chi connectivity index (χ3v) is 4.97. The van der Waals surface area contributed by atoms with Gasteiger partial charge in [0.2, 0.25) is 11.8 Å². The SMILES string of the molecule is COc1ccc(C2CC(=O)NC(=O)C2)cc1C=C1CCCCCC1. The highest BCUT2D eigenvalue weighted by molar-refractivity contribution is 5.98. The van der Waals surface area contributed by atoms with E-state index < -0.39 is 0 Å². The second-order valence-electron chi connectivity index (χ2n) is 6.79.